The molecule has 1 aromatic rings. The van der Waals surface area contributed by atoms with Crippen LogP contribution in [-0.2, 0) is 17.1 Å². The number of carbonyl (C=O) groups excluding carboxylic acids is 1. The van der Waals surface area contributed by atoms with E-state index in [1.54, 1.807) is 11.3 Å². The van der Waals surface area contributed by atoms with Crippen LogP contribution in [0.4, 0.5) is 0 Å². The lowest BCUT2D eigenvalue weighted by Gasteiger charge is -2.22. The molecule has 0 saturated heterocycles. The minimum absolute atomic E-state index is 0.188. The number of alkyl halides is 1. The van der Waals surface area contributed by atoms with Gasteiger partial charge < -0.3 is 4.90 Å². The third kappa shape index (κ3) is 5.47. The largest absolute Gasteiger partial charge is 0.342 e. The van der Waals surface area contributed by atoms with Crippen molar-refractivity contribution in [3.05, 3.63) is 16.1 Å². The number of thiazole rings is 1. The third-order valence-electron chi connectivity index (χ3n) is 2.96. The van der Waals surface area contributed by atoms with Crippen LogP contribution < -0.4 is 0 Å². The second-order valence-electron chi connectivity index (χ2n) is 4.42. The summed E-state index contributed by atoms with van der Waals surface area (Å²) in [5.41, 5.74) is 0.934. The van der Waals surface area contributed by atoms with Crippen LogP contribution in [-0.4, -0.2) is 53.9 Å². The molecule has 6 heteroatoms. The first kappa shape index (κ1) is 16.4. The Balaban J connectivity index is 2.34. The van der Waals surface area contributed by atoms with Crippen molar-refractivity contribution >= 4 is 28.8 Å². The number of halogens is 1. The first-order valence-corrected chi connectivity index (χ1v) is 7.97. The van der Waals surface area contributed by atoms with Crippen LogP contribution >= 0.6 is 22.9 Å². The molecule has 0 atom stereocenters. The van der Waals surface area contributed by atoms with Gasteiger partial charge in [0.2, 0.25) is 5.91 Å². The second kappa shape index (κ2) is 8.51. The van der Waals surface area contributed by atoms with E-state index < -0.39 is 0 Å². The summed E-state index contributed by atoms with van der Waals surface area (Å²) >= 11 is 7.35. The van der Waals surface area contributed by atoms with Gasteiger partial charge in [0.05, 0.1) is 23.1 Å². The topological polar surface area (TPSA) is 36.4 Å². The number of nitrogens with zero attached hydrogens (tertiary/aromatic N) is 3. The van der Waals surface area contributed by atoms with E-state index in [1.807, 2.05) is 36.1 Å². The van der Waals surface area contributed by atoms with Gasteiger partial charge in [-0.3, -0.25) is 9.69 Å². The molecule has 0 aliphatic rings. The summed E-state index contributed by atoms with van der Waals surface area (Å²) in [4.78, 5) is 20.2. The lowest BCUT2D eigenvalue weighted by Crippen LogP contribution is -2.39. The minimum atomic E-state index is 0.188. The molecule has 0 aromatic carbocycles. The van der Waals surface area contributed by atoms with E-state index in [9.17, 15) is 4.79 Å². The summed E-state index contributed by atoms with van der Waals surface area (Å²) in [5, 5.41) is 3.07. The molecule has 0 spiro atoms. The summed E-state index contributed by atoms with van der Waals surface area (Å²) in [7, 11) is 1.97. The van der Waals surface area contributed by atoms with E-state index >= 15 is 0 Å². The lowest BCUT2D eigenvalue weighted by molar-refractivity contribution is -0.131. The molecule has 0 fully saturated rings. The van der Waals surface area contributed by atoms with Crippen molar-refractivity contribution in [2.45, 2.75) is 26.1 Å². The van der Waals surface area contributed by atoms with Crippen LogP contribution in [0.1, 0.15) is 24.5 Å². The predicted molar refractivity (Wildman–Crippen MR) is 80.8 cm³/mol. The standard InChI is InChI=1S/C13H22ClN3OS/c1-4-17(5-2)13(18)9-16(3)7-6-12-15-11(8-14)10-19-12/h10H,4-9H2,1-3H3. The van der Waals surface area contributed by atoms with Crippen molar-refractivity contribution in [3.63, 3.8) is 0 Å². The Morgan fingerprint density at radius 2 is 2.11 bits per heavy atom. The van der Waals surface area contributed by atoms with E-state index in [0.29, 0.717) is 12.4 Å². The molecule has 4 nitrogen and oxygen atoms in total. The highest BCUT2D eigenvalue weighted by atomic mass is 35.5. The van der Waals surface area contributed by atoms with E-state index in [-0.39, 0.29) is 5.91 Å². The van der Waals surface area contributed by atoms with Crippen LogP contribution in [0.3, 0.4) is 0 Å². The van der Waals surface area contributed by atoms with E-state index in [2.05, 4.69) is 4.98 Å². The van der Waals surface area contributed by atoms with Crippen LogP contribution in [0, 0.1) is 0 Å². The van der Waals surface area contributed by atoms with Gasteiger partial charge in [-0.05, 0) is 20.9 Å². The van der Waals surface area contributed by atoms with Gasteiger partial charge in [-0.1, -0.05) is 0 Å². The van der Waals surface area contributed by atoms with Gasteiger partial charge in [0.15, 0.2) is 0 Å². The lowest BCUT2D eigenvalue weighted by atomic mass is 10.3. The maximum absolute atomic E-state index is 11.9. The molecule has 1 heterocycles. The van der Waals surface area contributed by atoms with Gasteiger partial charge in [-0.15, -0.1) is 22.9 Å². The van der Waals surface area contributed by atoms with Gasteiger partial charge in [-0.2, -0.15) is 0 Å². The van der Waals surface area contributed by atoms with Gasteiger partial charge in [0, 0.05) is 31.4 Å². The number of carbonyl (C=O) groups is 1. The zero-order valence-corrected chi connectivity index (χ0v) is 13.4. The van der Waals surface area contributed by atoms with Crippen LogP contribution in [0.15, 0.2) is 5.38 Å². The summed E-state index contributed by atoms with van der Waals surface area (Å²) in [6.07, 6.45) is 0.865. The molecule has 0 N–H and O–H groups in total. The van der Waals surface area contributed by atoms with Crippen molar-refractivity contribution < 1.29 is 4.79 Å². The highest BCUT2D eigenvalue weighted by molar-refractivity contribution is 7.09. The summed E-state index contributed by atoms with van der Waals surface area (Å²) in [6.45, 7) is 6.86. The van der Waals surface area contributed by atoms with Crippen molar-refractivity contribution in [1.82, 2.24) is 14.8 Å². The number of hydrogen-bond donors (Lipinski definition) is 0. The molecular weight excluding hydrogens is 282 g/mol. The highest BCUT2D eigenvalue weighted by Gasteiger charge is 2.12. The first-order chi connectivity index (χ1) is 9.10. The fourth-order valence-corrected chi connectivity index (χ4v) is 2.81. The Morgan fingerprint density at radius 1 is 1.42 bits per heavy atom. The summed E-state index contributed by atoms with van der Waals surface area (Å²) in [5.74, 6) is 0.653. The van der Waals surface area contributed by atoms with Crippen molar-refractivity contribution in [2.75, 3.05) is 33.2 Å². The molecule has 1 rings (SSSR count). The quantitative estimate of drug-likeness (QED) is 0.691. The van der Waals surface area contributed by atoms with Crippen LogP contribution in [0.25, 0.3) is 0 Å². The summed E-state index contributed by atoms with van der Waals surface area (Å²) in [6, 6.07) is 0. The molecule has 0 saturated carbocycles. The fraction of sp³-hybridized carbons (Fsp3) is 0.692. The maximum atomic E-state index is 11.9. The zero-order chi connectivity index (χ0) is 14.3. The Labute approximate surface area is 124 Å². The van der Waals surface area contributed by atoms with Crippen molar-refractivity contribution in [3.8, 4) is 0 Å². The second-order valence-corrected chi connectivity index (χ2v) is 5.63. The highest BCUT2D eigenvalue weighted by Crippen LogP contribution is 2.12. The van der Waals surface area contributed by atoms with Gasteiger partial charge in [0.1, 0.15) is 0 Å². The number of likely N-dealkylation sites (N-methyl/N-ethyl adjacent to an activating group) is 2. The van der Waals surface area contributed by atoms with Gasteiger partial charge >= 0.3 is 0 Å². The molecule has 1 amide bonds. The number of rotatable bonds is 8. The van der Waals surface area contributed by atoms with Crippen LogP contribution in [0.5, 0.6) is 0 Å². The maximum Gasteiger partial charge on any atom is 0.236 e. The zero-order valence-electron chi connectivity index (χ0n) is 11.9. The average Bonchev–Trinajstić information content (AvgIpc) is 2.85. The number of aromatic nitrogens is 1. The molecule has 19 heavy (non-hydrogen) atoms. The fourth-order valence-electron chi connectivity index (χ4n) is 1.80. The Bertz CT molecular complexity index is 393. The third-order valence-corrected chi connectivity index (χ3v) is 4.20. The monoisotopic (exact) mass is 303 g/mol. The molecule has 0 aliphatic carbocycles. The molecule has 108 valence electrons. The molecule has 0 bridgehead atoms. The SMILES string of the molecule is CCN(CC)C(=O)CN(C)CCc1nc(CCl)cs1. The summed E-state index contributed by atoms with van der Waals surface area (Å²) < 4.78 is 0. The molecule has 1 aromatic heterocycles. The van der Waals surface area contributed by atoms with Gasteiger partial charge in [-0.25, -0.2) is 4.98 Å². The Morgan fingerprint density at radius 3 is 2.63 bits per heavy atom. The molecule has 0 radical (unpaired) electrons. The number of hydrogen-bond acceptors (Lipinski definition) is 4. The average molecular weight is 304 g/mol. The minimum Gasteiger partial charge on any atom is -0.342 e. The van der Waals surface area contributed by atoms with Crippen molar-refractivity contribution in [1.29, 1.82) is 0 Å². The van der Waals surface area contributed by atoms with E-state index in [4.69, 9.17) is 11.6 Å². The smallest absolute Gasteiger partial charge is 0.236 e. The molecule has 0 aliphatic heterocycles. The first-order valence-electron chi connectivity index (χ1n) is 6.56. The van der Waals surface area contributed by atoms with Crippen LogP contribution in [0.2, 0.25) is 0 Å². The molecule has 0 unspecified atom stereocenters. The van der Waals surface area contributed by atoms with E-state index in [1.165, 1.54) is 0 Å². The predicted octanol–water partition coefficient (Wildman–Crippen LogP) is 2.22. The molecular formula is C13H22ClN3OS. The van der Waals surface area contributed by atoms with Gasteiger partial charge in [0.25, 0.3) is 0 Å². The van der Waals surface area contributed by atoms with Crippen molar-refractivity contribution in [2.24, 2.45) is 0 Å². The Kier molecular flexibility index (Phi) is 7.34. The Hall–Kier alpha value is -0.650. The normalized spacial score (nSPS) is 11.0. The van der Waals surface area contributed by atoms with E-state index in [0.717, 1.165) is 36.8 Å². The number of amides is 1.